The smallest absolute Gasteiger partial charge is 0.292 e. The number of hydrogen-bond donors (Lipinski definition) is 2. The number of nitrogen functional groups attached to an aromatic ring is 1. The molecule has 0 bridgehead atoms. The number of nitrogens with two attached hydrogens (primary N) is 1. The van der Waals surface area contributed by atoms with Crippen LogP contribution in [0.4, 0.5) is 11.4 Å². The Morgan fingerprint density at radius 1 is 1.55 bits per heavy atom. The normalized spacial score (nSPS) is 17.9. The highest BCUT2D eigenvalue weighted by molar-refractivity contribution is 5.95. The number of carbonyl (C=O) groups excluding carboxylic acids is 1. The fraction of sp³-hybridized carbons (Fsp3) is 0.462. The molecular weight excluding hydrogens is 262 g/mol. The molecule has 7 heteroatoms. The number of nitro benzene ring substituents is 1. The maximum absolute atomic E-state index is 11.9. The van der Waals surface area contributed by atoms with Crippen molar-refractivity contribution in [3.8, 4) is 0 Å². The molecule has 0 aromatic heterocycles. The van der Waals surface area contributed by atoms with Crippen molar-refractivity contribution in [3.05, 3.63) is 33.9 Å². The standard InChI is InChI=1S/C13H17N3O4/c14-11-4-3-9(8-12(11)16(18)19)13(17)15-6-5-10-2-1-7-20-10/h3-4,8,10H,1-2,5-7,14H2,(H,15,17)/t10-/m1/s1. The van der Waals surface area contributed by atoms with Crippen molar-refractivity contribution in [2.75, 3.05) is 18.9 Å². The van der Waals surface area contributed by atoms with Crippen LogP contribution in [0.15, 0.2) is 18.2 Å². The lowest BCUT2D eigenvalue weighted by Gasteiger charge is -2.10. The Morgan fingerprint density at radius 3 is 3.00 bits per heavy atom. The molecule has 1 aromatic carbocycles. The van der Waals surface area contributed by atoms with Gasteiger partial charge in [0, 0.05) is 24.8 Å². The second kappa shape index (κ2) is 6.33. The molecule has 2 rings (SSSR count). The summed E-state index contributed by atoms with van der Waals surface area (Å²) in [6, 6.07) is 4.04. The highest BCUT2D eigenvalue weighted by atomic mass is 16.6. The van der Waals surface area contributed by atoms with Crippen LogP contribution in [-0.4, -0.2) is 30.1 Å². The number of anilines is 1. The van der Waals surface area contributed by atoms with Crippen LogP contribution in [0.3, 0.4) is 0 Å². The Morgan fingerprint density at radius 2 is 2.35 bits per heavy atom. The van der Waals surface area contributed by atoms with Gasteiger partial charge in [0.05, 0.1) is 11.0 Å². The van der Waals surface area contributed by atoms with E-state index >= 15 is 0 Å². The molecule has 0 saturated carbocycles. The molecule has 20 heavy (non-hydrogen) atoms. The Hall–Kier alpha value is -2.15. The van der Waals surface area contributed by atoms with Gasteiger partial charge >= 0.3 is 0 Å². The van der Waals surface area contributed by atoms with E-state index < -0.39 is 4.92 Å². The largest absolute Gasteiger partial charge is 0.393 e. The van der Waals surface area contributed by atoms with Gasteiger partial charge in [0.2, 0.25) is 0 Å². The zero-order valence-corrected chi connectivity index (χ0v) is 11.0. The van der Waals surface area contributed by atoms with Crippen LogP contribution in [0.2, 0.25) is 0 Å². The van der Waals surface area contributed by atoms with Crippen LogP contribution in [0.25, 0.3) is 0 Å². The highest BCUT2D eigenvalue weighted by Crippen LogP contribution is 2.22. The summed E-state index contributed by atoms with van der Waals surface area (Å²) >= 11 is 0. The number of amides is 1. The van der Waals surface area contributed by atoms with Crippen molar-refractivity contribution < 1.29 is 14.5 Å². The highest BCUT2D eigenvalue weighted by Gasteiger charge is 2.17. The lowest BCUT2D eigenvalue weighted by atomic mass is 10.1. The van der Waals surface area contributed by atoms with E-state index in [1.54, 1.807) is 0 Å². The van der Waals surface area contributed by atoms with E-state index in [0.717, 1.165) is 25.9 Å². The molecule has 1 saturated heterocycles. The predicted octanol–water partition coefficient (Wildman–Crippen LogP) is 1.48. The maximum atomic E-state index is 11.9. The van der Waals surface area contributed by atoms with Gasteiger partial charge in [0.15, 0.2) is 0 Å². The average Bonchev–Trinajstić information content (AvgIpc) is 2.92. The van der Waals surface area contributed by atoms with Crippen molar-refractivity contribution in [2.45, 2.75) is 25.4 Å². The van der Waals surface area contributed by atoms with Crippen molar-refractivity contribution in [1.82, 2.24) is 5.32 Å². The first-order chi connectivity index (χ1) is 9.58. The number of benzene rings is 1. The van der Waals surface area contributed by atoms with Crippen molar-refractivity contribution in [2.24, 2.45) is 0 Å². The lowest BCUT2D eigenvalue weighted by molar-refractivity contribution is -0.383. The summed E-state index contributed by atoms with van der Waals surface area (Å²) in [4.78, 5) is 22.1. The van der Waals surface area contributed by atoms with Crippen molar-refractivity contribution in [3.63, 3.8) is 0 Å². The van der Waals surface area contributed by atoms with E-state index in [1.165, 1.54) is 18.2 Å². The summed E-state index contributed by atoms with van der Waals surface area (Å²) in [6.45, 7) is 1.27. The summed E-state index contributed by atoms with van der Waals surface area (Å²) < 4.78 is 5.45. The van der Waals surface area contributed by atoms with E-state index in [-0.39, 0.29) is 28.9 Å². The third-order valence-corrected chi connectivity index (χ3v) is 3.27. The molecule has 108 valence electrons. The number of ether oxygens (including phenoxy) is 1. The van der Waals surface area contributed by atoms with Gasteiger partial charge in [-0.15, -0.1) is 0 Å². The van der Waals surface area contributed by atoms with Gasteiger partial charge in [0.1, 0.15) is 5.69 Å². The van der Waals surface area contributed by atoms with Gasteiger partial charge in [-0.1, -0.05) is 0 Å². The summed E-state index contributed by atoms with van der Waals surface area (Å²) in [5.74, 6) is -0.342. The Bertz CT molecular complexity index is 512. The fourth-order valence-corrected chi connectivity index (χ4v) is 2.16. The van der Waals surface area contributed by atoms with Crippen LogP contribution in [0.5, 0.6) is 0 Å². The van der Waals surface area contributed by atoms with E-state index in [0.29, 0.717) is 6.54 Å². The van der Waals surface area contributed by atoms with Crippen molar-refractivity contribution in [1.29, 1.82) is 0 Å². The number of rotatable bonds is 5. The van der Waals surface area contributed by atoms with Crippen LogP contribution < -0.4 is 11.1 Å². The van der Waals surface area contributed by atoms with E-state index in [4.69, 9.17) is 10.5 Å². The molecule has 3 N–H and O–H groups in total. The summed E-state index contributed by atoms with van der Waals surface area (Å²) in [5.41, 5.74) is 5.51. The maximum Gasteiger partial charge on any atom is 0.292 e. The number of hydrogen-bond acceptors (Lipinski definition) is 5. The first-order valence-corrected chi connectivity index (χ1v) is 6.51. The average molecular weight is 279 g/mol. The second-order valence-corrected chi connectivity index (χ2v) is 4.71. The minimum atomic E-state index is -0.599. The van der Waals surface area contributed by atoms with Gasteiger partial charge in [-0.3, -0.25) is 14.9 Å². The van der Waals surface area contributed by atoms with Crippen LogP contribution in [-0.2, 0) is 4.74 Å². The SMILES string of the molecule is Nc1ccc(C(=O)NCC[C@H]2CCCO2)cc1[N+](=O)[O-]. The Labute approximate surface area is 116 Å². The monoisotopic (exact) mass is 279 g/mol. The number of nitrogens with one attached hydrogen (secondary N) is 1. The zero-order chi connectivity index (χ0) is 14.5. The fourth-order valence-electron chi connectivity index (χ4n) is 2.16. The van der Waals surface area contributed by atoms with E-state index in [2.05, 4.69) is 5.32 Å². The van der Waals surface area contributed by atoms with E-state index in [9.17, 15) is 14.9 Å². The van der Waals surface area contributed by atoms with Gasteiger partial charge in [-0.05, 0) is 31.4 Å². The van der Waals surface area contributed by atoms with Crippen molar-refractivity contribution >= 4 is 17.3 Å². The molecule has 1 aliphatic rings. The molecule has 1 amide bonds. The molecule has 1 aromatic rings. The van der Waals surface area contributed by atoms with Crippen LogP contribution in [0, 0.1) is 10.1 Å². The molecule has 1 atom stereocenters. The molecular formula is C13H17N3O4. The van der Waals surface area contributed by atoms with E-state index in [1.807, 2.05) is 0 Å². The van der Waals surface area contributed by atoms with Gasteiger partial charge in [0.25, 0.3) is 11.6 Å². The quantitative estimate of drug-likeness (QED) is 0.482. The number of nitrogens with zero attached hydrogens (tertiary/aromatic N) is 1. The third-order valence-electron chi connectivity index (χ3n) is 3.27. The number of carbonyl (C=O) groups is 1. The first kappa shape index (κ1) is 14.3. The third kappa shape index (κ3) is 3.45. The van der Waals surface area contributed by atoms with Crippen LogP contribution >= 0.6 is 0 Å². The molecule has 0 aliphatic carbocycles. The van der Waals surface area contributed by atoms with Crippen LogP contribution in [0.1, 0.15) is 29.6 Å². The number of nitro groups is 1. The molecule has 0 radical (unpaired) electrons. The topological polar surface area (TPSA) is 107 Å². The molecule has 1 fully saturated rings. The van der Waals surface area contributed by atoms with Gasteiger partial charge < -0.3 is 15.8 Å². The van der Waals surface area contributed by atoms with Gasteiger partial charge in [-0.25, -0.2) is 0 Å². The summed E-state index contributed by atoms with van der Waals surface area (Å²) in [7, 11) is 0. The Balaban J connectivity index is 1.91. The summed E-state index contributed by atoms with van der Waals surface area (Å²) in [5, 5.41) is 13.5. The molecule has 1 aliphatic heterocycles. The second-order valence-electron chi connectivity index (χ2n) is 4.71. The van der Waals surface area contributed by atoms with Gasteiger partial charge in [-0.2, -0.15) is 0 Å². The minimum Gasteiger partial charge on any atom is -0.393 e. The molecule has 1 heterocycles. The molecule has 7 nitrogen and oxygen atoms in total. The molecule has 0 spiro atoms. The predicted molar refractivity (Wildman–Crippen MR) is 73.4 cm³/mol. The minimum absolute atomic E-state index is 0.0471. The molecule has 0 unspecified atom stereocenters. The zero-order valence-electron chi connectivity index (χ0n) is 11.0. The Kier molecular flexibility index (Phi) is 4.52. The first-order valence-electron chi connectivity index (χ1n) is 6.51. The lowest BCUT2D eigenvalue weighted by Crippen LogP contribution is -2.27. The summed E-state index contributed by atoms with van der Waals surface area (Å²) in [6.07, 6.45) is 3.03.